The fourth-order valence-electron chi connectivity index (χ4n) is 2.41. The summed E-state index contributed by atoms with van der Waals surface area (Å²) in [5, 5.41) is 14.4. The molecule has 0 unspecified atom stereocenters. The van der Waals surface area contributed by atoms with Gasteiger partial charge in [0.2, 0.25) is 5.95 Å². The van der Waals surface area contributed by atoms with Gasteiger partial charge in [0, 0.05) is 11.8 Å². The van der Waals surface area contributed by atoms with Crippen LogP contribution in [0.25, 0.3) is 0 Å². The Kier molecular flexibility index (Phi) is 5.48. The van der Waals surface area contributed by atoms with Crippen molar-refractivity contribution in [2.75, 3.05) is 24.9 Å². The molecule has 26 heavy (non-hydrogen) atoms. The molecule has 0 aliphatic heterocycles. The number of nitrogens with zero attached hydrogens (tertiary/aromatic N) is 3. The van der Waals surface area contributed by atoms with Crippen molar-refractivity contribution in [1.29, 1.82) is 0 Å². The standard InChI is InChI=1S/C19H21N5O2/c1-4-13-5-7-14(8-6-13)21-19-23-18(12-20-24-19)22-16-10-9-15(25-2)11-17(16)26-3/h5-12H,4H2,1-3H3,(H2,21,22,23,24). The van der Waals surface area contributed by atoms with Crippen LogP contribution in [0.1, 0.15) is 12.5 Å². The summed E-state index contributed by atoms with van der Waals surface area (Å²) in [5.74, 6) is 2.32. The zero-order chi connectivity index (χ0) is 18.4. The van der Waals surface area contributed by atoms with Crippen LogP contribution in [-0.2, 0) is 6.42 Å². The minimum absolute atomic E-state index is 0.409. The Morgan fingerprint density at radius 3 is 2.46 bits per heavy atom. The Balaban J connectivity index is 1.76. The Morgan fingerprint density at radius 2 is 1.77 bits per heavy atom. The molecule has 0 saturated carbocycles. The molecule has 0 saturated heterocycles. The normalized spacial score (nSPS) is 10.3. The third kappa shape index (κ3) is 4.18. The molecule has 3 aromatic rings. The molecular formula is C19H21N5O2. The number of aromatic nitrogens is 3. The van der Waals surface area contributed by atoms with Gasteiger partial charge in [0.25, 0.3) is 0 Å². The highest BCUT2D eigenvalue weighted by atomic mass is 16.5. The lowest BCUT2D eigenvalue weighted by molar-refractivity contribution is 0.395. The number of ether oxygens (including phenoxy) is 2. The third-order valence-electron chi connectivity index (χ3n) is 3.85. The number of hydrogen-bond donors (Lipinski definition) is 2. The number of aryl methyl sites for hydroxylation is 1. The van der Waals surface area contributed by atoms with Crippen molar-refractivity contribution in [2.45, 2.75) is 13.3 Å². The summed E-state index contributed by atoms with van der Waals surface area (Å²) in [7, 11) is 3.21. The van der Waals surface area contributed by atoms with Gasteiger partial charge in [-0.25, -0.2) is 0 Å². The van der Waals surface area contributed by atoms with E-state index >= 15 is 0 Å². The predicted octanol–water partition coefficient (Wildman–Crippen LogP) is 3.94. The number of anilines is 4. The number of rotatable bonds is 7. The molecular weight excluding hydrogens is 330 g/mol. The molecule has 7 heteroatoms. The van der Waals surface area contributed by atoms with E-state index in [0.717, 1.165) is 17.8 Å². The van der Waals surface area contributed by atoms with Crippen molar-refractivity contribution in [3.05, 3.63) is 54.2 Å². The molecule has 0 atom stereocenters. The van der Waals surface area contributed by atoms with Crippen LogP contribution in [0.5, 0.6) is 11.5 Å². The summed E-state index contributed by atoms with van der Waals surface area (Å²) in [6.07, 6.45) is 2.55. The van der Waals surface area contributed by atoms with Crippen molar-refractivity contribution in [2.24, 2.45) is 0 Å². The lowest BCUT2D eigenvalue weighted by Gasteiger charge is -2.12. The van der Waals surface area contributed by atoms with E-state index in [1.165, 1.54) is 5.56 Å². The van der Waals surface area contributed by atoms with Crippen molar-refractivity contribution < 1.29 is 9.47 Å². The van der Waals surface area contributed by atoms with E-state index in [2.05, 4.69) is 44.9 Å². The molecule has 0 radical (unpaired) electrons. The quantitative estimate of drug-likeness (QED) is 0.667. The molecule has 1 aromatic heterocycles. The molecule has 3 rings (SSSR count). The Morgan fingerprint density at radius 1 is 0.962 bits per heavy atom. The monoisotopic (exact) mass is 351 g/mol. The number of nitrogens with one attached hydrogen (secondary N) is 2. The van der Waals surface area contributed by atoms with Crippen LogP contribution in [0.3, 0.4) is 0 Å². The molecule has 0 aliphatic rings. The first-order valence-electron chi connectivity index (χ1n) is 8.26. The maximum absolute atomic E-state index is 5.39. The molecule has 0 aliphatic carbocycles. The second kappa shape index (κ2) is 8.15. The Hall–Kier alpha value is -3.35. The van der Waals surface area contributed by atoms with Gasteiger partial charge in [-0.2, -0.15) is 10.1 Å². The van der Waals surface area contributed by atoms with E-state index in [4.69, 9.17) is 9.47 Å². The van der Waals surface area contributed by atoms with Crippen molar-refractivity contribution in [1.82, 2.24) is 15.2 Å². The highest BCUT2D eigenvalue weighted by molar-refractivity contribution is 5.66. The lowest BCUT2D eigenvalue weighted by atomic mass is 10.1. The molecule has 0 fully saturated rings. The first-order valence-corrected chi connectivity index (χ1v) is 8.26. The average molecular weight is 351 g/mol. The molecule has 0 amide bonds. The molecule has 1 heterocycles. The van der Waals surface area contributed by atoms with Gasteiger partial charge in [-0.3, -0.25) is 0 Å². The van der Waals surface area contributed by atoms with Gasteiger partial charge in [-0.1, -0.05) is 19.1 Å². The van der Waals surface area contributed by atoms with Gasteiger partial charge in [-0.15, -0.1) is 5.10 Å². The highest BCUT2D eigenvalue weighted by Gasteiger charge is 2.08. The van der Waals surface area contributed by atoms with Crippen LogP contribution in [0.15, 0.2) is 48.7 Å². The minimum Gasteiger partial charge on any atom is -0.497 e. The van der Waals surface area contributed by atoms with Gasteiger partial charge in [0.05, 0.1) is 26.1 Å². The second-order valence-corrected chi connectivity index (χ2v) is 5.53. The van der Waals surface area contributed by atoms with E-state index in [9.17, 15) is 0 Å². The van der Waals surface area contributed by atoms with Crippen LogP contribution in [0, 0.1) is 0 Å². The summed E-state index contributed by atoms with van der Waals surface area (Å²) in [5.41, 5.74) is 2.94. The SMILES string of the molecule is CCc1ccc(Nc2nncc(Nc3ccc(OC)cc3OC)n2)cc1. The van der Waals surface area contributed by atoms with Crippen LogP contribution in [-0.4, -0.2) is 29.4 Å². The van der Waals surface area contributed by atoms with Crippen molar-refractivity contribution in [3.8, 4) is 11.5 Å². The topological polar surface area (TPSA) is 81.2 Å². The maximum Gasteiger partial charge on any atom is 0.249 e. The van der Waals surface area contributed by atoms with Crippen molar-refractivity contribution in [3.63, 3.8) is 0 Å². The summed E-state index contributed by atoms with van der Waals surface area (Å²) in [6, 6.07) is 13.6. The van der Waals surface area contributed by atoms with Gasteiger partial charge >= 0.3 is 0 Å². The summed E-state index contributed by atoms with van der Waals surface area (Å²) in [4.78, 5) is 4.44. The van der Waals surface area contributed by atoms with Gasteiger partial charge < -0.3 is 20.1 Å². The third-order valence-corrected chi connectivity index (χ3v) is 3.85. The van der Waals surface area contributed by atoms with Crippen LogP contribution in [0.2, 0.25) is 0 Å². The summed E-state index contributed by atoms with van der Waals surface area (Å²) in [6.45, 7) is 2.12. The molecule has 7 nitrogen and oxygen atoms in total. The van der Waals surface area contributed by atoms with Crippen LogP contribution in [0.4, 0.5) is 23.1 Å². The molecule has 0 spiro atoms. The summed E-state index contributed by atoms with van der Waals surface area (Å²) >= 11 is 0. The molecule has 0 bridgehead atoms. The predicted molar refractivity (Wildman–Crippen MR) is 102 cm³/mol. The summed E-state index contributed by atoms with van der Waals surface area (Å²) < 4.78 is 10.6. The largest absolute Gasteiger partial charge is 0.497 e. The van der Waals surface area contributed by atoms with Gasteiger partial charge in [0.1, 0.15) is 11.5 Å². The molecule has 2 N–H and O–H groups in total. The van der Waals surface area contributed by atoms with Gasteiger partial charge in [-0.05, 0) is 36.2 Å². The highest BCUT2D eigenvalue weighted by Crippen LogP contribution is 2.31. The van der Waals surface area contributed by atoms with E-state index < -0.39 is 0 Å². The van der Waals surface area contributed by atoms with E-state index in [1.807, 2.05) is 24.3 Å². The Labute approximate surface area is 152 Å². The van der Waals surface area contributed by atoms with Crippen molar-refractivity contribution >= 4 is 23.1 Å². The Bertz CT molecular complexity index is 868. The van der Waals surface area contributed by atoms with Crippen LogP contribution >= 0.6 is 0 Å². The zero-order valence-corrected chi connectivity index (χ0v) is 15.0. The minimum atomic E-state index is 0.409. The molecule has 134 valence electrons. The first-order chi connectivity index (χ1) is 12.7. The lowest BCUT2D eigenvalue weighted by Crippen LogP contribution is -2.03. The fourth-order valence-corrected chi connectivity index (χ4v) is 2.41. The zero-order valence-electron chi connectivity index (χ0n) is 15.0. The molecule has 2 aromatic carbocycles. The smallest absolute Gasteiger partial charge is 0.249 e. The number of benzene rings is 2. The second-order valence-electron chi connectivity index (χ2n) is 5.53. The number of methoxy groups -OCH3 is 2. The first kappa shape index (κ1) is 17.5. The number of hydrogen-bond acceptors (Lipinski definition) is 7. The van der Waals surface area contributed by atoms with E-state index in [1.54, 1.807) is 26.5 Å². The fraction of sp³-hybridized carbons (Fsp3) is 0.211. The average Bonchev–Trinajstić information content (AvgIpc) is 2.69. The van der Waals surface area contributed by atoms with Crippen LogP contribution < -0.4 is 20.1 Å². The maximum atomic E-state index is 5.39. The van der Waals surface area contributed by atoms with E-state index in [0.29, 0.717) is 23.3 Å². The van der Waals surface area contributed by atoms with E-state index in [-0.39, 0.29) is 0 Å². The van der Waals surface area contributed by atoms with Gasteiger partial charge in [0.15, 0.2) is 5.82 Å².